The van der Waals surface area contributed by atoms with Crippen molar-refractivity contribution in [2.24, 2.45) is 0 Å². The van der Waals surface area contributed by atoms with Crippen molar-refractivity contribution in [2.75, 3.05) is 50.1 Å². The first-order chi connectivity index (χ1) is 9.31. The Balaban J connectivity index is 2.05. The van der Waals surface area contributed by atoms with Crippen molar-refractivity contribution < 1.29 is 9.53 Å². The van der Waals surface area contributed by atoms with E-state index in [0.29, 0.717) is 26.2 Å². The Morgan fingerprint density at radius 1 is 1.47 bits per heavy atom. The number of anilines is 2. The molecular weight excluding hydrogens is 244 g/mol. The van der Waals surface area contributed by atoms with Crippen molar-refractivity contribution in [3.8, 4) is 0 Å². The van der Waals surface area contributed by atoms with E-state index < -0.39 is 0 Å². The van der Waals surface area contributed by atoms with E-state index >= 15 is 0 Å². The second kappa shape index (κ2) is 7.06. The molecule has 1 aromatic heterocycles. The number of pyridine rings is 1. The zero-order chi connectivity index (χ0) is 13.5. The van der Waals surface area contributed by atoms with Crippen LogP contribution in [-0.4, -0.2) is 50.8 Å². The predicted molar refractivity (Wildman–Crippen MR) is 74.4 cm³/mol. The molecule has 0 aromatic carbocycles. The van der Waals surface area contributed by atoms with Crippen molar-refractivity contribution in [3.63, 3.8) is 0 Å². The van der Waals surface area contributed by atoms with Gasteiger partial charge >= 0.3 is 0 Å². The summed E-state index contributed by atoms with van der Waals surface area (Å²) in [5.74, 6) is 0.820. The lowest BCUT2D eigenvalue weighted by Gasteiger charge is -2.29. The molecule has 0 atom stereocenters. The molecule has 1 aliphatic heterocycles. The molecule has 0 aliphatic carbocycles. The standard InChI is InChI=1S/C13H20N4O2/c1-14-6-4-12(18)16-11-3-2-5-15-13(11)17-7-9-19-10-8-17/h2-3,5,14H,4,6-10H2,1H3,(H,16,18). The summed E-state index contributed by atoms with van der Waals surface area (Å²) >= 11 is 0. The Morgan fingerprint density at radius 2 is 2.26 bits per heavy atom. The molecule has 2 rings (SSSR count). The van der Waals surface area contributed by atoms with Crippen molar-refractivity contribution in [2.45, 2.75) is 6.42 Å². The zero-order valence-corrected chi connectivity index (χ0v) is 11.2. The van der Waals surface area contributed by atoms with E-state index in [1.54, 1.807) is 6.20 Å². The third-order valence-corrected chi connectivity index (χ3v) is 2.97. The minimum atomic E-state index is -0.00291. The molecule has 0 saturated carbocycles. The van der Waals surface area contributed by atoms with Gasteiger partial charge in [-0.15, -0.1) is 0 Å². The highest BCUT2D eigenvalue weighted by Gasteiger charge is 2.16. The highest BCUT2D eigenvalue weighted by molar-refractivity contribution is 5.93. The van der Waals surface area contributed by atoms with Gasteiger partial charge in [-0.05, 0) is 19.2 Å². The van der Waals surface area contributed by atoms with Gasteiger partial charge < -0.3 is 20.3 Å². The normalized spacial score (nSPS) is 15.3. The van der Waals surface area contributed by atoms with Crippen LogP contribution in [0.5, 0.6) is 0 Å². The Morgan fingerprint density at radius 3 is 3.00 bits per heavy atom. The number of aromatic nitrogens is 1. The Hall–Kier alpha value is -1.66. The van der Waals surface area contributed by atoms with Gasteiger partial charge in [0.15, 0.2) is 5.82 Å². The molecule has 0 radical (unpaired) electrons. The number of nitrogens with zero attached hydrogens (tertiary/aromatic N) is 2. The number of morpholine rings is 1. The molecule has 1 aliphatic rings. The fourth-order valence-corrected chi connectivity index (χ4v) is 1.97. The maximum absolute atomic E-state index is 11.8. The van der Waals surface area contributed by atoms with Crippen LogP contribution in [0.15, 0.2) is 18.3 Å². The molecule has 2 heterocycles. The van der Waals surface area contributed by atoms with E-state index in [9.17, 15) is 4.79 Å². The van der Waals surface area contributed by atoms with E-state index in [2.05, 4.69) is 20.5 Å². The van der Waals surface area contributed by atoms with Crippen LogP contribution in [0, 0.1) is 0 Å². The van der Waals surface area contributed by atoms with Crippen molar-refractivity contribution in [3.05, 3.63) is 18.3 Å². The summed E-state index contributed by atoms with van der Waals surface area (Å²) in [5, 5.41) is 5.88. The molecule has 6 nitrogen and oxygen atoms in total. The smallest absolute Gasteiger partial charge is 0.225 e. The molecule has 0 unspecified atom stereocenters. The Kier molecular flexibility index (Phi) is 5.11. The third kappa shape index (κ3) is 3.90. The molecule has 2 N–H and O–H groups in total. The lowest BCUT2D eigenvalue weighted by molar-refractivity contribution is -0.116. The predicted octanol–water partition coefficient (Wildman–Crippen LogP) is 0.466. The summed E-state index contributed by atoms with van der Waals surface area (Å²) in [5.41, 5.74) is 0.769. The lowest BCUT2D eigenvalue weighted by Crippen LogP contribution is -2.37. The third-order valence-electron chi connectivity index (χ3n) is 2.97. The van der Waals surface area contributed by atoms with Gasteiger partial charge in [-0.2, -0.15) is 0 Å². The summed E-state index contributed by atoms with van der Waals surface area (Å²) in [7, 11) is 1.83. The molecule has 1 saturated heterocycles. The fourth-order valence-electron chi connectivity index (χ4n) is 1.97. The molecule has 1 amide bonds. The minimum Gasteiger partial charge on any atom is -0.378 e. The van der Waals surface area contributed by atoms with Crippen LogP contribution >= 0.6 is 0 Å². The van der Waals surface area contributed by atoms with E-state index in [4.69, 9.17) is 4.74 Å². The maximum atomic E-state index is 11.8. The molecule has 1 fully saturated rings. The van der Waals surface area contributed by atoms with Crippen molar-refractivity contribution in [1.82, 2.24) is 10.3 Å². The van der Waals surface area contributed by atoms with Gasteiger partial charge in [0.05, 0.1) is 18.9 Å². The molecule has 0 spiro atoms. The van der Waals surface area contributed by atoms with Crippen LogP contribution in [0.4, 0.5) is 11.5 Å². The average molecular weight is 264 g/mol. The van der Waals surface area contributed by atoms with Gasteiger partial charge in [-0.25, -0.2) is 4.98 Å². The monoisotopic (exact) mass is 264 g/mol. The zero-order valence-electron chi connectivity index (χ0n) is 11.2. The topological polar surface area (TPSA) is 66.5 Å². The highest BCUT2D eigenvalue weighted by Crippen LogP contribution is 2.23. The van der Waals surface area contributed by atoms with Crippen molar-refractivity contribution in [1.29, 1.82) is 0 Å². The van der Waals surface area contributed by atoms with Crippen LogP contribution in [0.2, 0.25) is 0 Å². The summed E-state index contributed by atoms with van der Waals surface area (Å²) in [4.78, 5) is 18.3. The highest BCUT2D eigenvalue weighted by atomic mass is 16.5. The average Bonchev–Trinajstić information content (AvgIpc) is 2.46. The van der Waals surface area contributed by atoms with E-state index in [1.807, 2.05) is 19.2 Å². The van der Waals surface area contributed by atoms with Gasteiger partial charge in [0.2, 0.25) is 5.91 Å². The number of amides is 1. The SMILES string of the molecule is CNCCC(=O)Nc1cccnc1N1CCOCC1. The van der Waals surface area contributed by atoms with E-state index in [1.165, 1.54) is 0 Å². The Labute approximate surface area is 113 Å². The van der Waals surface area contributed by atoms with Crippen LogP contribution in [0.1, 0.15) is 6.42 Å². The number of ether oxygens (including phenoxy) is 1. The molecule has 1 aromatic rings. The second-order valence-corrected chi connectivity index (χ2v) is 4.38. The first-order valence-corrected chi connectivity index (χ1v) is 6.53. The number of carbonyl (C=O) groups is 1. The Bertz CT molecular complexity index is 419. The van der Waals surface area contributed by atoms with Crippen LogP contribution in [-0.2, 0) is 9.53 Å². The van der Waals surface area contributed by atoms with Crippen molar-refractivity contribution >= 4 is 17.4 Å². The molecule has 19 heavy (non-hydrogen) atoms. The first-order valence-electron chi connectivity index (χ1n) is 6.53. The summed E-state index contributed by atoms with van der Waals surface area (Å²) < 4.78 is 5.33. The van der Waals surface area contributed by atoms with E-state index in [-0.39, 0.29) is 5.91 Å². The number of nitrogens with one attached hydrogen (secondary N) is 2. The molecule has 0 bridgehead atoms. The molecule has 6 heteroatoms. The van der Waals surface area contributed by atoms with Gasteiger partial charge in [0, 0.05) is 32.3 Å². The number of carbonyl (C=O) groups excluding carboxylic acids is 1. The van der Waals surface area contributed by atoms with Crippen LogP contribution < -0.4 is 15.5 Å². The number of hydrogen-bond donors (Lipinski definition) is 2. The van der Waals surface area contributed by atoms with Crippen LogP contribution in [0.3, 0.4) is 0 Å². The minimum absolute atomic E-state index is 0.00291. The van der Waals surface area contributed by atoms with Gasteiger partial charge in [0.1, 0.15) is 0 Å². The first kappa shape index (κ1) is 13.8. The largest absolute Gasteiger partial charge is 0.378 e. The van der Waals surface area contributed by atoms with Gasteiger partial charge in [0.25, 0.3) is 0 Å². The number of hydrogen-bond acceptors (Lipinski definition) is 5. The molecule has 104 valence electrons. The number of rotatable bonds is 5. The second-order valence-electron chi connectivity index (χ2n) is 4.38. The fraction of sp³-hybridized carbons (Fsp3) is 0.538. The molecular formula is C13H20N4O2. The summed E-state index contributed by atoms with van der Waals surface area (Å²) in [6, 6.07) is 3.71. The lowest BCUT2D eigenvalue weighted by atomic mass is 10.3. The van der Waals surface area contributed by atoms with Gasteiger partial charge in [-0.3, -0.25) is 4.79 Å². The van der Waals surface area contributed by atoms with E-state index in [0.717, 1.165) is 24.6 Å². The maximum Gasteiger partial charge on any atom is 0.225 e. The van der Waals surface area contributed by atoms with Gasteiger partial charge in [-0.1, -0.05) is 0 Å². The summed E-state index contributed by atoms with van der Waals surface area (Å²) in [6.45, 7) is 3.67. The summed E-state index contributed by atoms with van der Waals surface area (Å²) in [6.07, 6.45) is 2.20. The quantitative estimate of drug-likeness (QED) is 0.809. The van der Waals surface area contributed by atoms with Crippen LogP contribution in [0.25, 0.3) is 0 Å².